The molecular formula is C51H53Cl2FN6O6. The first kappa shape index (κ1) is 44.6. The number of aliphatic hydroxyl groups is 1. The minimum Gasteiger partial charge on any atom is -0.374 e. The second-order valence-corrected chi connectivity index (χ2v) is 20.0. The Morgan fingerprint density at radius 2 is 1.61 bits per heavy atom. The first-order valence-corrected chi connectivity index (χ1v) is 24.1. The molecule has 5 amide bonds. The topological polar surface area (TPSA) is 169 Å². The van der Waals surface area contributed by atoms with Crippen molar-refractivity contribution < 1.29 is 33.5 Å². The summed E-state index contributed by atoms with van der Waals surface area (Å²) in [7, 11) is 0. The minimum atomic E-state index is -1.35. The monoisotopic (exact) mass is 934 g/mol. The molecule has 66 heavy (non-hydrogen) atoms. The van der Waals surface area contributed by atoms with Crippen LogP contribution in [0.1, 0.15) is 127 Å². The zero-order chi connectivity index (χ0) is 45.9. The van der Waals surface area contributed by atoms with Crippen LogP contribution in [0.15, 0.2) is 78.9 Å². The maximum Gasteiger partial charge on any atom is 0.251 e. The van der Waals surface area contributed by atoms with E-state index in [1.807, 2.05) is 18.2 Å². The maximum absolute atomic E-state index is 16.3. The molecule has 344 valence electrons. The van der Waals surface area contributed by atoms with Crippen molar-refractivity contribution in [1.82, 2.24) is 20.9 Å². The van der Waals surface area contributed by atoms with E-state index in [0.717, 1.165) is 68.9 Å². The van der Waals surface area contributed by atoms with E-state index in [4.69, 9.17) is 23.2 Å². The first-order valence-electron chi connectivity index (χ1n) is 23.3. The molecule has 6 aliphatic rings. The Bertz CT molecular complexity index is 2610. The van der Waals surface area contributed by atoms with E-state index >= 15 is 4.39 Å². The van der Waals surface area contributed by atoms with Crippen LogP contribution in [0.25, 0.3) is 0 Å². The van der Waals surface area contributed by atoms with Gasteiger partial charge in [0, 0.05) is 58.0 Å². The highest BCUT2D eigenvalue weighted by Crippen LogP contribution is 2.63. The van der Waals surface area contributed by atoms with Crippen LogP contribution in [-0.2, 0) is 37.6 Å². The quantitative estimate of drug-likeness (QED) is 0.0920. The van der Waals surface area contributed by atoms with Crippen molar-refractivity contribution in [2.75, 3.05) is 10.6 Å². The van der Waals surface area contributed by atoms with Crippen molar-refractivity contribution in [2.45, 2.75) is 131 Å². The Labute approximate surface area is 392 Å². The second kappa shape index (κ2) is 17.8. The van der Waals surface area contributed by atoms with Gasteiger partial charge in [0.05, 0.1) is 17.1 Å². The van der Waals surface area contributed by atoms with Crippen molar-refractivity contribution in [3.63, 3.8) is 0 Å². The van der Waals surface area contributed by atoms with E-state index in [9.17, 15) is 29.1 Å². The average Bonchev–Trinajstić information content (AvgIpc) is 3.91. The zero-order valence-corrected chi connectivity index (χ0v) is 38.0. The maximum atomic E-state index is 16.3. The van der Waals surface area contributed by atoms with E-state index < -0.39 is 46.9 Å². The number of aliphatic hydroxyl groups excluding tert-OH is 1. The molecule has 2 aliphatic carbocycles. The van der Waals surface area contributed by atoms with Crippen LogP contribution in [0.4, 0.5) is 15.8 Å². The lowest BCUT2D eigenvalue weighted by Crippen LogP contribution is -2.60. The van der Waals surface area contributed by atoms with Crippen molar-refractivity contribution in [3.05, 3.63) is 128 Å². The van der Waals surface area contributed by atoms with Crippen LogP contribution in [0.2, 0.25) is 10.0 Å². The fourth-order valence-corrected chi connectivity index (χ4v) is 12.8. The van der Waals surface area contributed by atoms with Crippen LogP contribution in [-0.4, -0.2) is 63.2 Å². The molecule has 4 fully saturated rings. The molecule has 10 rings (SSSR count). The molecule has 2 saturated heterocycles. The van der Waals surface area contributed by atoms with Gasteiger partial charge in [-0.25, -0.2) is 4.39 Å². The van der Waals surface area contributed by atoms with Gasteiger partial charge in [0.25, 0.3) is 5.91 Å². The van der Waals surface area contributed by atoms with E-state index in [1.165, 1.54) is 11.6 Å². The highest BCUT2D eigenvalue weighted by atomic mass is 35.5. The van der Waals surface area contributed by atoms with E-state index in [0.29, 0.717) is 59.2 Å². The molecule has 4 aromatic carbocycles. The van der Waals surface area contributed by atoms with Crippen molar-refractivity contribution >= 4 is 64.1 Å². The summed E-state index contributed by atoms with van der Waals surface area (Å²) in [6.45, 7) is 0.460. The molecule has 0 bridgehead atoms. The lowest BCUT2D eigenvalue weighted by molar-refractivity contribution is -0.141. The number of anilines is 2. The smallest absolute Gasteiger partial charge is 0.251 e. The van der Waals surface area contributed by atoms with Crippen molar-refractivity contribution in [1.29, 1.82) is 0 Å². The van der Waals surface area contributed by atoms with Gasteiger partial charge in [-0.3, -0.25) is 39.5 Å². The fourth-order valence-electron chi connectivity index (χ4n) is 12.4. The lowest BCUT2D eigenvalue weighted by Gasteiger charge is -2.47. The van der Waals surface area contributed by atoms with Gasteiger partial charge in [-0.15, -0.1) is 0 Å². The summed E-state index contributed by atoms with van der Waals surface area (Å²) in [5.41, 5.74) is 3.14. The molecule has 2 unspecified atom stereocenters. The Balaban J connectivity index is 0.784. The summed E-state index contributed by atoms with van der Waals surface area (Å²) >= 11 is 12.8. The Morgan fingerprint density at radius 1 is 0.864 bits per heavy atom. The number of rotatable bonds is 9. The Kier molecular flexibility index (Phi) is 12.0. The van der Waals surface area contributed by atoms with Crippen LogP contribution >= 0.6 is 23.2 Å². The predicted octanol–water partition coefficient (Wildman–Crippen LogP) is 7.95. The number of fused-ring (bicyclic) bond motifs is 4. The number of piperidine rings is 1. The summed E-state index contributed by atoms with van der Waals surface area (Å²) in [5, 5.41) is 26.8. The summed E-state index contributed by atoms with van der Waals surface area (Å²) in [6, 6.07) is 21.1. The van der Waals surface area contributed by atoms with E-state index in [2.05, 4.69) is 32.7 Å². The number of hydrogen-bond acceptors (Lipinski definition) is 8. The van der Waals surface area contributed by atoms with E-state index in [1.54, 1.807) is 53.4 Å². The van der Waals surface area contributed by atoms with Crippen molar-refractivity contribution in [3.8, 4) is 0 Å². The Hall–Kier alpha value is -5.18. The minimum absolute atomic E-state index is 0.0250. The molecule has 12 nitrogen and oxygen atoms in total. The fraction of sp³-hybridized carbons (Fsp3) is 0.431. The molecule has 4 heterocycles. The molecule has 2 saturated carbocycles. The van der Waals surface area contributed by atoms with Gasteiger partial charge in [-0.2, -0.15) is 0 Å². The highest BCUT2D eigenvalue weighted by molar-refractivity contribution is 6.31. The SMILES string of the molecule is O=C1CCC(N2Cc3c(CC[C@H]4CC[C@H](NC(=O)c5ccc(NC(=O)[C@@H]6NC7(CCCCC7)[C@@]7(C(=O)Nc8cc(Cl)ccc87)[C@H]6c6cccc(Cl)c6F)cc5)CC4)cccc3C2O)C(=O)N1. The number of hydrogen-bond donors (Lipinski definition) is 6. The summed E-state index contributed by atoms with van der Waals surface area (Å²) in [5.74, 6) is -2.73. The van der Waals surface area contributed by atoms with Gasteiger partial charge in [-0.1, -0.05) is 78.9 Å². The van der Waals surface area contributed by atoms with Gasteiger partial charge in [-0.05, 0) is 128 Å². The van der Waals surface area contributed by atoms with Gasteiger partial charge < -0.3 is 21.1 Å². The average molecular weight is 936 g/mol. The third kappa shape index (κ3) is 7.70. The van der Waals surface area contributed by atoms with Crippen LogP contribution in [0, 0.1) is 11.7 Å². The lowest BCUT2D eigenvalue weighted by atomic mass is 9.55. The van der Waals surface area contributed by atoms with Crippen LogP contribution in [0.3, 0.4) is 0 Å². The zero-order valence-electron chi connectivity index (χ0n) is 36.4. The number of imide groups is 1. The third-order valence-electron chi connectivity index (χ3n) is 15.6. The third-order valence-corrected chi connectivity index (χ3v) is 16.1. The number of aryl methyl sites for hydroxylation is 1. The predicted molar refractivity (Wildman–Crippen MR) is 248 cm³/mol. The van der Waals surface area contributed by atoms with Crippen LogP contribution < -0.4 is 26.6 Å². The summed E-state index contributed by atoms with van der Waals surface area (Å²) in [6.07, 6.45) is 9.04. The Morgan fingerprint density at radius 3 is 2.36 bits per heavy atom. The molecule has 15 heteroatoms. The van der Waals surface area contributed by atoms with Crippen molar-refractivity contribution in [2.24, 2.45) is 5.92 Å². The van der Waals surface area contributed by atoms with Gasteiger partial charge >= 0.3 is 0 Å². The number of carbonyl (C=O) groups is 5. The summed E-state index contributed by atoms with van der Waals surface area (Å²) < 4.78 is 16.3. The normalized spacial score (nSPS) is 27.9. The number of nitrogens with one attached hydrogen (secondary N) is 5. The molecule has 4 aliphatic heterocycles. The van der Waals surface area contributed by atoms with Gasteiger partial charge in [0.2, 0.25) is 23.6 Å². The number of halogens is 3. The molecule has 0 aromatic heterocycles. The molecule has 4 aromatic rings. The van der Waals surface area contributed by atoms with Gasteiger partial charge in [0.1, 0.15) is 17.5 Å². The molecule has 6 N–H and O–H groups in total. The van der Waals surface area contributed by atoms with Crippen LogP contribution in [0.5, 0.6) is 0 Å². The largest absolute Gasteiger partial charge is 0.374 e. The number of nitrogens with zero attached hydrogens (tertiary/aromatic N) is 1. The molecular weight excluding hydrogens is 883 g/mol. The number of carbonyl (C=O) groups excluding carboxylic acids is 5. The highest BCUT2D eigenvalue weighted by Gasteiger charge is 2.72. The standard InChI is InChI=1S/C51H53Cl2FN6O6/c52-31-16-21-37-39(26-31)57-49(66)51(37)42(35-8-5-9-38(53)43(35)54)44(59-50(51)24-2-1-3-25-50)47(64)56-33-19-14-30(15-20-33)45(62)55-32-17-11-28(12-18-32)10-13-29-6-4-7-34-36(29)27-60(48(34)65)40-22-23-41(61)58-46(40)63/h4-9,14-16,19-21,26,28,32,40,42,44,48,59,65H,1-3,10-13,17-18,22-25,27H2,(H,55,62)(H,56,64)(H,57,66)(H,58,61,63)/t28-,32-,40?,42-,44+,48?,51+/m0/s1. The molecule has 0 radical (unpaired) electrons. The van der Waals surface area contributed by atoms with E-state index in [-0.39, 0.29) is 46.7 Å². The number of amides is 5. The summed E-state index contributed by atoms with van der Waals surface area (Å²) in [4.78, 5) is 68.9. The second-order valence-electron chi connectivity index (χ2n) is 19.1. The van der Waals surface area contributed by atoms with Gasteiger partial charge in [0.15, 0.2) is 0 Å². The molecule has 5 atom stereocenters. The first-order chi connectivity index (χ1) is 31.9. The number of benzene rings is 4. The molecule has 2 spiro atoms.